The van der Waals surface area contributed by atoms with Crippen LogP contribution in [0.1, 0.15) is 32.7 Å². The molecule has 5 nitrogen and oxygen atoms in total. The average Bonchev–Trinajstić information content (AvgIpc) is 3.09. The monoisotopic (exact) mass is 249 g/mol. The third-order valence-electron chi connectivity index (χ3n) is 4.09. The van der Waals surface area contributed by atoms with Crippen LogP contribution in [0.2, 0.25) is 0 Å². The molecule has 0 radical (unpaired) electrons. The van der Waals surface area contributed by atoms with Gasteiger partial charge >= 0.3 is 0 Å². The van der Waals surface area contributed by atoms with Gasteiger partial charge in [-0.15, -0.1) is 0 Å². The van der Waals surface area contributed by atoms with Crippen LogP contribution in [-0.2, 0) is 0 Å². The number of aliphatic hydroxyl groups is 1. The Bertz CT molecular complexity index is 513. The van der Waals surface area contributed by atoms with Crippen LogP contribution in [0, 0.1) is 5.92 Å². The van der Waals surface area contributed by atoms with E-state index in [1.807, 2.05) is 18.7 Å². The molecule has 1 aliphatic carbocycles. The van der Waals surface area contributed by atoms with E-state index in [0.717, 1.165) is 12.8 Å². The minimum Gasteiger partial charge on any atom is -0.386 e. The van der Waals surface area contributed by atoms with Gasteiger partial charge in [-0.3, -0.25) is 4.79 Å². The molecule has 1 aliphatic heterocycles. The van der Waals surface area contributed by atoms with Gasteiger partial charge in [0.25, 0.3) is 5.56 Å². The second-order valence-corrected chi connectivity index (χ2v) is 5.81. The fraction of sp³-hybridized carbons (Fsp3) is 0.692. The van der Waals surface area contributed by atoms with Crippen molar-refractivity contribution >= 4 is 5.82 Å². The normalized spacial score (nSPS) is 22.1. The van der Waals surface area contributed by atoms with Gasteiger partial charge in [-0.25, -0.2) is 4.98 Å². The summed E-state index contributed by atoms with van der Waals surface area (Å²) in [4.78, 5) is 18.3. The van der Waals surface area contributed by atoms with E-state index in [2.05, 4.69) is 4.98 Å². The molecule has 3 rings (SSSR count). The molecule has 0 amide bonds. The Morgan fingerprint density at radius 2 is 2.11 bits per heavy atom. The van der Waals surface area contributed by atoms with Crippen molar-refractivity contribution < 1.29 is 5.11 Å². The van der Waals surface area contributed by atoms with E-state index >= 15 is 0 Å². The van der Waals surface area contributed by atoms with Crippen LogP contribution in [0.4, 0.5) is 5.82 Å². The number of β-amino-alcohol motifs (C(OH)–C–C–N with tert-alkyl or cyclic N) is 1. The molecule has 0 aromatic carbocycles. The summed E-state index contributed by atoms with van der Waals surface area (Å²) in [5.41, 5.74) is -0.695. The van der Waals surface area contributed by atoms with Crippen molar-refractivity contribution in [2.24, 2.45) is 5.92 Å². The summed E-state index contributed by atoms with van der Waals surface area (Å²) < 4.78 is 1.77. The zero-order valence-corrected chi connectivity index (χ0v) is 10.8. The second-order valence-electron chi connectivity index (χ2n) is 5.81. The minimum atomic E-state index is -0.672. The van der Waals surface area contributed by atoms with Crippen LogP contribution >= 0.6 is 0 Å². The topological polar surface area (TPSA) is 58.4 Å². The first-order valence-corrected chi connectivity index (χ1v) is 6.56. The number of hydrogen-bond donors (Lipinski definition) is 1. The Morgan fingerprint density at radius 3 is 2.67 bits per heavy atom. The van der Waals surface area contributed by atoms with Crippen molar-refractivity contribution in [1.29, 1.82) is 0 Å². The molecule has 1 saturated carbocycles. The smallest absolute Gasteiger partial charge is 0.293 e. The van der Waals surface area contributed by atoms with E-state index in [0.29, 0.717) is 24.9 Å². The van der Waals surface area contributed by atoms with Crippen molar-refractivity contribution in [3.63, 3.8) is 0 Å². The Morgan fingerprint density at radius 1 is 1.44 bits per heavy atom. The minimum absolute atomic E-state index is 0.0224. The number of hydrogen-bond acceptors (Lipinski definition) is 4. The largest absolute Gasteiger partial charge is 0.386 e. The molecule has 98 valence electrons. The fourth-order valence-corrected chi connectivity index (χ4v) is 2.40. The van der Waals surface area contributed by atoms with Gasteiger partial charge in [0.15, 0.2) is 5.82 Å². The first-order valence-electron chi connectivity index (χ1n) is 6.56. The lowest BCUT2D eigenvalue weighted by Gasteiger charge is -2.49. The van der Waals surface area contributed by atoms with Crippen LogP contribution in [0.25, 0.3) is 0 Å². The Hall–Kier alpha value is -1.36. The quantitative estimate of drug-likeness (QED) is 0.860. The van der Waals surface area contributed by atoms with E-state index in [4.69, 9.17) is 0 Å². The lowest BCUT2D eigenvalue weighted by Crippen LogP contribution is -2.66. The van der Waals surface area contributed by atoms with Gasteiger partial charge in [0, 0.05) is 18.4 Å². The molecule has 1 aromatic heterocycles. The molecule has 2 fully saturated rings. The standard InChI is InChI=1S/C13H19N3O2/c1-9(2)13(18)7-15(8-13)11-12(17)16(6-5-14-11)10-3-4-10/h5-6,9-10,18H,3-4,7-8H2,1-2H3. The maximum absolute atomic E-state index is 12.2. The molecule has 1 saturated heterocycles. The van der Waals surface area contributed by atoms with Gasteiger partial charge in [0.1, 0.15) is 5.60 Å². The highest BCUT2D eigenvalue weighted by molar-refractivity contribution is 5.42. The Labute approximate surface area is 106 Å². The zero-order chi connectivity index (χ0) is 12.9. The Kier molecular flexibility index (Phi) is 2.48. The predicted octanol–water partition coefficient (Wildman–Crippen LogP) is 0.785. The molecular formula is C13H19N3O2. The maximum Gasteiger partial charge on any atom is 0.293 e. The van der Waals surface area contributed by atoms with Gasteiger partial charge in [-0.1, -0.05) is 13.8 Å². The third-order valence-corrected chi connectivity index (χ3v) is 4.09. The summed E-state index contributed by atoms with van der Waals surface area (Å²) in [5.74, 6) is 0.679. The van der Waals surface area contributed by atoms with Crippen LogP contribution in [0.5, 0.6) is 0 Å². The fourth-order valence-electron chi connectivity index (χ4n) is 2.40. The van der Waals surface area contributed by atoms with Crippen molar-refractivity contribution in [3.05, 3.63) is 22.7 Å². The van der Waals surface area contributed by atoms with E-state index < -0.39 is 5.60 Å². The summed E-state index contributed by atoms with van der Waals surface area (Å²) >= 11 is 0. The highest BCUT2D eigenvalue weighted by atomic mass is 16.3. The average molecular weight is 249 g/mol. The molecule has 0 unspecified atom stereocenters. The molecule has 1 N–H and O–H groups in total. The zero-order valence-electron chi connectivity index (χ0n) is 10.8. The summed E-state index contributed by atoms with van der Waals surface area (Å²) in [6.07, 6.45) is 5.61. The van der Waals surface area contributed by atoms with Gasteiger partial charge in [0.05, 0.1) is 13.1 Å². The van der Waals surface area contributed by atoms with Gasteiger partial charge in [0.2, 0.25) is 0 Å². The van der Waals surface area contributed by atoms with Crippen LogP contribution < -0.4 is 10.5 Å². The number of aromatic nitrogens is 2. The highest BCUT2D eigenvalue weighted by Gasteiger charge is 2.45. The third kappa shape index (κ3) is 1.73. The molecule has 2 heterocycles. The summed E-state index contributed by atoms with van der Waals surface area (Å²) in [6, 6.07) is 0.365. The van der Waals surface area contributed by atoms with E-state index in [1.54, 1.807) is 17.0 Å². The van der Waals surface area contributed by atoms with Gasteiger partial charge in [-0.2, -0.15) is 0 Å². The summed E-state index contributed by atoms with van der Waals surface area (Å²) in [6.45, 7) is 5.00. The van der Waals surface area contributed by atoms with E-state index in [-0.39, 0.29) is 11.5 Å². The molecule has 0 atom stereocenters. The molecule has 5 heteroatoms. The van der Waals surface area contributed by atoms with Crippen molar-refractivity contribution in [1.82, 2.24) is 9.55 Å². The number of nitrogens with zero attached hydrogens (tertiary/aromatic N) is 3. The van der Waals surface area contributed by atoms with Crippen molar-refractivity contribution in [2.45, 2.75) is 38.3 Å². The van der Waals surface area contributed by atoms with Crippen LogP contribution in [-0.4, -0.2) is 33.3 Å². The van der Waals surface area contributed by atoms with Gasteiger partial charge in [-0.05, 0) is 18.8 Å². The van der Waals surface area contributed by atoms with Crippen LogP contribution in [0.3, 0.4) is 0 Å². The van der Waals surface area contributed by atoms with E-state index in [9.17, 15) is 9.90 Å². The van der Waals surface area contributed by atoms with E-state index in [1.165, 1.54) is 0 Å². The first-order chi connectivity index (χ1) is 8.51. The lowest BCUT2D eigenvalue weighted by atomic mass is 9.83. The maximum atomic E-state index is 12.2. The molecule has 0 bridgehead atoms. The predicted molar refractivity (Wildman–Crippen MR) is 68.8 cm³/mol. The van der Waals surface area contributed by atoms with Gasteiger partial charge < -0.3 is 14.6 Å². The molecule has 18 heavy (non-hydrogen) atoms. The summed E-state index contributed by atoms with van der Waals surface area (Å²) in [5, 5.41) is 10.2. The molecular weight excluding hydrogens is 230 g/mol. The SMILES string of the molecule is CC(C)C1(O)CN(c2nccn(C3CC3)c2=O)C1. The molecule has 0 spiro atoms. The first kappa shape index (κ1) is 11.7. The van der Waals surface area contributed by atoms with Crippen LogP contribution in [0.15, 0.2) is 17.2 Å². The highest BCUT2D eigenvalue weighted by Crippen LogP contribution is 2.34. The summed E-state index contributed by atoms with van der Waals surface area (Å²) in [7, 11) is 0. The second kappa shape index (κ2) is 3.82. The number of anilines is 1. The molecule has 1 aromatic rings. The number of rotatable bonds is 3. The van der Waals surface area contributed by atoms with Crippen molar-refractivity contribution in [2.75, 3.05) is 18.0 Å². The molecule has 2 aliphatic rings. The van der Waals surface area contributed by atoms with Crippen molar-refractivity contribution in [3.8, 4) is 0 Å². The Balaban J connectivity index is 1.83. The lowest BCUT2D eigenvalue weighted by molar-refractivity contribution is -0.0306.